The minimum Gasteiger partial charge on any atom is -0.489 e. The number of imide groups is 1. The lowest BCUT2D eigenvalue weighted by molar-refractivity contribution is -0.139. The number of aryl methyl sites for hydroxylation is 1. The molecular formula is C39H52ClN5O8S. The lowest BCUT2D eigenvalue weighted by Gasteiger charge is -2.33. The zero-order chi connectivity index (χ0) is 38.7. The van der Waals surface area contributed by atoms with Crippen molar-refractivity contribution in [3.8, 4) is 16.9 Å². The summed E-state index contributed by atoms with van der Waals surface area (Å²) in [5.41, 5.74) is 3.07. The van der Waals surface area contributed by atoms with Crippen molar-refractivity contribution in [2.45, 2.75) is 84.5 Å². The van der Waals surface area contributed by atoms with Crippen molar-refractivity contribution in [1.82, 2.24) is 25.4 Å². The summed E-state index contributed by atoms with van der Waals surface area (Å²) in [5.74, 6) is 0.495. The van der Waals surface area contributed by atoms with Crippen LogP contribution in [-0.4, -0.2) is 109 Å². The van der Waals surface area contributed by atoms with E-state index >= 15 is 0 Å². The van der Waals surface area contributed by atoms with Crippen LogP contribution in [0.1, 0.15) is 69.7 Å². The molecule has 4 heterocycles. The molecule has 0 saturated carbocycles. The number of hydrogen-bond acceptors (Lipinski definition) is 11. The van der Waals surface area contributed by atoms with Gasteiger partial charge in [0.1, 0.15) is 17.5 Å². The van der Waals surface area contributed by atoms with E-state index in [1.807, 2.05) is 31.2 Å². The number of pyridine rings is 1. The molecular weight excluding hydrogens is 734 g/mol. The Morgan fingerprint density at radius 3 is 2.41 bits per heavy atom. The highest BCUT2D eigenvalue weighted by Gasteiger charge is 2.30. The summed E-state index contributed by atoms with van der Waals surface area (Å²) in [6, 6.07) is 7.78. The summed E-state index contributed by atoms with van der Waals surface area (Å²) in [4.78, 5) is 57.6. The molecule has 4 amide bonds. The molecule has 2 aliphatic heterocycles. The van der Waals surface area contributed by atoms with E-state index in [1.54, 1.807) is 27.0 Å². The van der Waals surface area contributed by atoms with Gasteiger partial charge >= 0.3 is 6.09 Å². The van der Waals surface area contributed by atoms with Crippen LogP contribution in [0.5, 0.6) is 5.75 Å². The van der Waals surface area contributed by atoms with Gasteiger partial charge in [-0.1, -0.05) is 11.6 Å². The van der Waals surface area contributed by atoms with E-state index in [1.165, 1.54) is 16.2 Å². The van der Waals surface area contributed by atoms with Gasteiger partial charge in [-0.2, -0.15) is 0 Å². The normalized spacial score (nSPS) is 15.6. The molecule has 2 N–H and O–H groups in total. The first-order chi connectivity index (χ1) is 25.9. The maximum absolute atomic E-state index is 12.3. The van der Waals surface area contributed by atoms with Gasteiger partial charge < -0.3 is 34.5 Å². The molecule has 0 unspecified atom stereocenters. The Labute approximate surface area is 326 Å². The third kappa shape index (κ3) is 12.4. The number of nitrogens with one attached hydrogen (secondary N) is 2. The first-order valence-corrected chi connectivity index (χ1v) is 19.8. The highest BCUT2D eigenvalue weighted by Crippen LogP contribution is 2.42. The fourth-order valence-corrected chi connectivity index (χ4v) is 7.78. The molecule has 0 spiro atoms. The Bertz CT molecular complexity index is 1760. The second-order valence-corrected chi connectivity index (χ2v) is 16.1. The second kappa shape index (κ2) is 19.7. The van der Waals surface area contributed by atoms with E-state index in [4.69, 9.17) is 30.5 Å². The summed E-state index contributed by atoms with van der Waals surface area (Å²) in [6.45, 7) is 12.7. The number of carbonyl (C=O) groups excluding carboxylic acids is 4. The first kappa shape index (κ1) is 41.3. The van der Waals surface area contributed by atoms with Crippen molar-refractivity contribution in [3.63, 3.8) is 0 Å². The molecule has 2 saturated heterocycles. The van der Waals surface area contributed by atoms with Crippen molar-refractivity contribution in [2.24, 2.45) is 0 Å². The monoisotopic (exact) mass is 785 g/mol. The van der Waals surface area contributed by atoms with Crippen molar-refractivity contribution in [3.05, 3.63) is 45.9 Å². The molecule has 3 aromatic rings. The molecule has 2 fully saturated rings. The van der Waals surface area contributed by atoms with Crippen molar-refractivity contribution in [1.29, 1.82) is 0 Å². The zero-order valence-corrected chi connectivity index (χ0v) is 33.2. The number of benzene rings is 1. The smallest absolute Gasteiger partial charge is 0.407 e. The first-order valence-electron chi connectivity index (χ1n) is 18.7. The van der Waals surface area contributed by atoms with E-state index in [0.29, 0.717) is 44.5 Å². The Morgan fingerprint density at radius 1 is 0.963 bits per heavy atom. The Kier molecular flexibility index (Phi) is 15.1. The van der Waals surface area contributed by atoms with Crippen LogP contribution in [-0.2, 0) is 35.1 Å². The average Bonchev–Trinajstić information content (AvgIpc) is 3.68. The van der Waals surface area contributed by atoms with Crippen LogP contribution in [0.2, 0.25) is 5.02 Å². The number of aromatic nitrogens is 1. The van der Waals surface area contributed by atoms with E-state index in [-0.39, 0.29) is 49.6 Å². The van der Waals surface area contributed by atoms with Crippen LogP contribution in [0.3, 0.4) is 0 Å². The van der Waals surface area contributed by atoms with Crippen LogP contribution < -0.4 is 15.4 Å². The van der Waals surface area contributed by atoms with Crippen molar-refractivity contribution >= 4 is 57.0 Å². The predicted molar refractivity (Wildman–Crippen MR) is 208 cm³/mol. The maximum Gasteiger partial charge on any atom is 0.407 e. The fourth-order valence-electron chi connectivity index (χ4n) is 6.38. The van der Waals surface area contributed by atoms with Gasteiger partial charge in [-0.3, -0.25) is 24.3 Å². The minimum absolute atomic E-state index is 0.0410. The number of ether oxygens (including phenoxy) is 4. The number of hydrogen-bond donors (Lipinski definition) is 2. The molecule has 54 heavy (non-hydrogen) atoms. The van der Waals surface area contributed by atoms with E-state index in [9.17, 15) is 19.2 Å². The van der Waals surface area contributed by atoms with Gasteiger partial charge in [0.25, 0.3) is 0 Å². The van der Waals surface area contributed by atoms with Crippen molar-refractivity contribution < 1.29 is 38.1 Å². The van der Waals surface area contributed by atoms with Gasteiger partial charge in [0, 0.05) is 72.7 Å². The summed E-state index contributed by atoms with van der Waals surface area (Å²) >= 11 is 8.12. The van der Waals surface area contributed by atoms with Crippen molar-refractivity contribution in [2.75, 3.05) is 59.2 Å². The third-order valence-electron chi connectivity index (χ3n) is 9.01. The number of halogens is 1. The summed E-state index contributed by atoms with van der Waals surface area (Å²) in [5, 5.41) is 6.22. The molecule has 0 aliphatic carbocycles. The van der Waals surface area contributed by atoms with Gasteiger partial charge in [0.2, 0.25) is 17.7 Å². The standard InChI is InChI=1S/C39H52ClN5O8S/c1-26-22-27(40)23-31(30-8-13-41-32-24-29(54-37(30)32)25-45-34(47)6-7-35(45)48)36(26)52-28-9-16-44(17-10-28)15-5-12-42-33(46)11-18-50-20-21-51-19-14-43-38(49)53-39(2,3)4/h8,13,22-24,28H,5-7,9-12,14-21,25H2,1-4H3,(H,42,46)(H,43,49). The highest BCUT2D eigenvalue weighted by molar-refractivity contribution is 7.19. The van der Waals surface area contributed by atoms with Crippen LogP contribution in [0.25, 0.3) is 21.3 Å². The number of rotatable bonds is 18. The molecule has 2 aromatic heterocycles. The average molecular weight is 786 g/mol. The number of fused-ring (bicyclic) bond motifs is 1. The largest absolute Gasteiger partial charge is 0.489 e. The Balaban J connectivity index is 0.999. The van der Waals surface area contributed by atoms with Crippen LogP contribution in [0.15, 0.2) is 30.5 Å². The molecule has 0 bridgehead atoms. The molecule has 294 valence electrons. The number of piperidine rings is 1. The number of nitrogens with zero attached hydrogens (tertiary/aromatic N) is 3. The predicted octanol–water partition coefficient (Wildman–Crippen LogP) is 5.87. The SMILES string of the molecule is Cc1cc(Cl)cc(-c2ccnc3cc(CN4C(=O)CCC4=O)sc23)c1OC1CCN(CCCNC(=O)CCOCCOCCNC(=O)OC(C)(C)C)CC1. The van der Waals surface area contributed by atoms with Gasteiger partial charge in [-0.15, -0.1) is 11.3 Å². The van der Waals surface area contributed by atoms with Gasteiger partial charge in [0.15, 0.2) is 0 Å². The number of carbonyl (C=O) groups is 4. The summed E-state index contributed by atoms with van der Waals surface area (Å²) < 4.78 is 23.8. The minimum atomic E-state index is -0.538. The highest BCUT2D eigenvalue weighted by atomic mass is 35.5. The van der Waals surface area contributed by atoms with Gasteiger partial charge in [0.05, 0.1) is 43.2 Å². The quantitative estimate of drug-likeness (QED) is 0.119. The Hall–Kier alpha value is -3.82. The fraction of sp³-hybridized carbons (Fsp3) is 0.564. The molecule has 0 atom stereocenters. The maximum atomic E-state index is 12.3. The molecule has 5 rings (SSSR count). The van der Waals surface area contributed by atoms with Gasteiger partial charge in [-0.05, 0) is 83.3 Å². The number of alkyl carbamates (subject to hydrolysis) is 1. The molecule has 2 aliphatic rings. The third-order valence-corrected chi connectivity index (χ3v) is 10.4. The van der Waals surface area contributed by atoms with Crippen LogP contribution >= 0.6 is 22.9 Å². The number of likely N-dealkylation sites (tertiary alicyclic amines) is 2. The van der Waals surface area contributed by atoms with E-state index in [2.05, 4.69) is 20.5 Å². The molecule has 15 heteroatoms. The van der Waals surface area contributed by atoms with Gasteiger partial charge in [-0.25, -0.2) is 4.79 Å². The molecule has 13 nitrogen and oxygen atoms in total. The summed E-state index contributed by atoms with van der Waals surface area (Å²) in [6.07, 6.45) is 4.76. The number of thiophene rings is 1. The Morgan fingerprint density at radius 2 is 1.69 bits per heavy atom. The lowest BCUT2D eigenvalue weighted by atomic mass is 10.0. The van der Waals surface area contributed by atoms with E-state index < -0.39 is 11.7 Å². The number of amides is 4. The zero-order valence-electron chi connectivity index (χ0n) is 31.7. The molecule has 1 aromatic carbocycles. The lowest BCUT2D eigenvalue weighted by Crippen LogP contribution is -2.39. The van der Waals surface area contributed by atoms with Crippen LogP contribution in [0, 0.1) is 6.92 Å². The summed E-state index contributed by atoms with van der Waals surface area (Å²) in [7, 11) is 0. The molecule has 0 radical (unpaired) electrons. The van der Waals surface area contributed by atoms with E-state index in [0.717, 1.165) is 76.4 Å². The second-order valence-electron chi connectivity index (χ2n) is 14.5. The van der Waals surface area contributed by atoms with Crippen LogP contribution in [0.4, 0.5) is 4.79 Å². The topological polar surface area (TPSA) is 149 Å².